The first-order chi connectivity index (χ1) is 7.67. The van der Waals surface area contributed by atoms with Gasteiger partial charge in [0.1, 0.15) is 0 Å². The highest BCUT2D eigenvalue weighted by molar-refractivity contribution is 5.79. The lowest BCUT2D eigenvalue weighted by Gasteiger charge is -2.18. The van der Waals surface area contributed by atoms with Gasteiger partial charge in [-0.25, -0.2) is 4.98 Å². The van der Waals surface area contributed by atoms with Crippen molar-refractivity contribution in [2.45, 2.75) is 32.9 Å². The molecule has 1 aromatic heterocycles. The van der Waals surface area contributed by atoms with Gasteiger partial charge in [0.25, 0.3) is 0 Å². The molecule has 2 unspecified atom stereocenters. The van der Waals surface area contributed by atoms with E-state index in [1.807, 2.05) is 24.6 Å². The topological polar surface area (TPSA) is 72.9 Å². The van der Waals surface area contributed by atoms with E-state index in [-0.39, 0.29) is 17.9 Å². The molecule has 0 aromatic carbocycles. The molecule has 1 heterocycles. The number of aromatic nitrogens is 2. The summed E-state index contributed by atoms with van der Waals surface area (Å²) >= 11 is 0. The highest BCUT2D eigenvalue weighted by Gasteiger charge is 2.16. The van der Waals surface area contributed by atoms with Gasteiger partial charge in [0.15, 0.2) is 0 Å². The van der Waals surface area contributed by atoms with Gasteiger partial charge in [0.05, 0.1) is 6.33 Å². The van der Waals surface area contributed by atoms with E-state index in [0.29, 0.717) is 6.54 Å². The van der Waals surface area contributed by atoms with Crippen molar-refractivity contribution in [3.63, 3.8) is 0 Å². The van der Waals surface area contributed by atoms with Crippen LogP contribution in [-0.4, -0.2) is 28.0 Å². The van der Waals surface area contributed by atoms with E-state index in [4.69, 9.17) is 5.73 Å². The molecule has 0 spiro atoms. The molecule has 1 aromatic rings. The molecule has 5 nitrogen and oxygen atoms in total. The summed E-state index contributed by atoms with van der Waals surface area (Å²) in [6, 6.07) is 0.0855. The first-order valence-electron chi connectivity index (χ1n) is 5.63. The van der Waals surface area contributed by atoms with Crippen LogP contribution in [0.3, 0.4) is 0 Å². The molecular formula is C11H20N4O. The summed E-state index contributed by atoms with van der Waals surface area (Å²) in [4.78, 5) is 15.7. The van der Waals surface area contributed by atoms with E-state index in [9.17, 15) is 4.79 Å². The fourth-order valence-corrected chi connectivity index (χ4v) is 1.58. The Balaban J connectivity index is 2.39. The lowest BCUT2D eigenvalue weighted by Crippen LogP contribution is -2.41. The average molecular weight is 224 g/mol. The van der Waals surface area contributed by atoms with Gasteiger partial charge in [-0.3, -0.25) is 4.79 Å². The van der Waals surface area contributed by atoms with Gasteiger partial charge in [0, 0.05) is 37.4 Å². The second-order valence-corrected chi connectivity index (χ2v) is 4.01. The molecule has 0 bridgehead atoms. The third-order valence-electron chi connectivity index (χ3n) is 2.58. The molecule has 0 aliphatic carbocycles. The molecule has 2 atom stereocenters. The number of rotatable bonds is 6. The van der Waals surface area contributed by atoms with Crippen LogP contribution in [0.5, 0.6) is 0 Å². The van der Waals surface area contributed by atoms with Crippen molar-refractivity contribution in [1.82, 2.24) is 14.9 Å². The highest BCUT2D eigenvalue weighted by atomic mass is 16.1. The summed E-state index contributed by atoms with van der Waals surface area (Å²) in [7, 11) is 0. The number of hydrogen-bond donors (Lipinski definition) is 2. The standard InChI is InChI=1S/C11H20N4O/c1-3-10(6-12)11(16)14-9(2)7-15-5-4-13-8-15/h4-5,8-10H,3,6-7,12H2,1-2H3,(H,14,16). The van der Waals surface area contributed by atoms with Gasteiger partial charge in [0.2, 0.25) is 5.91 Å². The number of carbonyl (C=O) groups is 1. The van der Waals surface area contributed by atoms with Crippen molar-refractivity contribution in [2.24, 2.45) is 11.7 Å². The number of nitrogens with one attached hydrogen (secondary N) is 1. The Bertz CT molecular complexity index is 306. The van der Waals surface area contributed by atoms with E-state index in [0.717, 1.165) is 13.0 Å². The first kappa shape index (κ1) is 12.7. The van der Waals surface area contributed by atoms with Crippen LogP contribution in [-0.2, 0) is 11.3 Å². The summed E-state index contributed by atoms with van der Waals surface area (Å²) in [5.41, 5.74) is 5.52. The molecule has 0 saturated carbocycles. The third-order valence-corrected chi connectivity index (χ3v) is 2.58. The number of carbonyl (C=O) groups excluding carboxylic acids is 1. The Kier molecular flexibility index (Phi) is 4.98. The van der Waals surface area contributed by atoms with Crippen LogP contribution in [0.2, 0.25) is 0 Å². The maximum absolute atomic E-state index is 11.7. The number of amides is 1. The van der Waals surface area contributed by atoms with Crippen molar-refractivity contribution < 1.29 is 4.79 Å². The lowest BCUT2D eigenvalue weighted by molar-refractivity contribution is -0.125. The molecule has 0 aliphatic rings. The van der Waals surface area contributed by atoms with E-state index in [1.54, 1.807) is 12.5 Å². The van der Waals surface area contributed by atoms with Crippen molar-refractivity contribution >= 4 is 5.91 Å². The summed E-state index contributed by atoms with van der Waals surface area (Å²) in [6.07, 6.45) is 6.12. The van der Waals surface area contributed by atoms with Crippen LogP contribution in [0, 0.1) is 5.92 Å². The Labute approximate surface area is 96.0 Å². The maximum atomic E-state index is 11.7. The van der Waals surface area contributed by atoms with Gasteiger partial charge in [-0.2, -0.15) is 0 Å². The van der Waals surface area contributed by atoms with E-state index in [2.05, 4.69) is 10.3 Å². The van der Waals surface area contributed by atoms with Crippen molar-refractivity contribution in [1.29, 1.82) is 0 Å². The van der Waals surface area contributed by atoms with Gasteiger partial charge in [-0.1, -0.05) is 6.92 Å². The second kappa shape index (κ2) is 6.27. The van der Waals surface area contributed by atoms with Gasteiger partial charge < -0.3 is 15.6 Å². The third kappa shape index (κ3) is 3.66. The van der Waals surface area contributed by atoms with Crippen LogP contribution < -0.4 is 11.1 Å². The van der Waals surface area contributed by atoms with Crippen LogP contribution in [0.4, 0.5) is 0 Å². The monoisotopic (exact) mass is 224 g/mol. The molecule has 1 rings (SSSR count). The Morgan fingerprint density at radius 2 is 2.38 bits per heavy atom. The van der Waals surface area contributed by atoms with Gasteiger partial charge in [-0.05, 0) is 13.3 Å². The van der Waals surface area contributed by atoms with E-state index < -0.39 is 0 Å². The smallest absolute Gasteiger partial charge is 0.224 e. The quantitative estimate of drug-likeness (QED) is 0.733. The number of hydrogen-bond acceptors (Lipinski definition) is 3. The fraction of sp³-hybridized carbons (Fsp3) is 0.636. The fourth-order valence-electron chi connectivity index (χ4n) is 1.58. The van der Waals surface area contributed by atoms with Crippen LogP contribution in [0.1, 0.15) is 20.3 Å². The van der Waals surface area contributed by atoms with Gasteiger partial charge >= 0.3 is 0 Å². The summed E-state index contributed by atoms with van der Waals surface area (Å²) in [5.74, 6) is -0.0390. The van der Waals surface area contributed by atoms with Crippen molar-refractivity contribution in [2.75, 3.05) is 6.54 Å². The largest absolute Gasteiger partial charge is 0.352 e. The van der Waals surface area contributed by atoms with Crippen molar-refractivity contribution in [3.8, 4) is 0 Å². The van der Waals surface area contributed by atoms with Crippen LogP contribution >= 0.6 is 0 Å². The number of imidazole rings is 1. The van der Waals surface area contributed by atoms with E-state index in [1.165, 1.54) is 0 Å². The molecule has 16 heavy (non-hydrogen) atoms. The summed E-state index contributed by atoms with van der Waals surface area (Å²) < 4.78 is 1.94. The Hall–Kier alpha value is -1.36. The normalized spacial score (nSPS) is 14.4. The van der Waals surface area contributed by atoms with E-state index >= 15 is 0 Å². The predicted molar refractivity (Wildman–Crippen MR) is 62.7 cm³/mol. The average Bonchev–Trinajstić information content (AvgIpc) is 2.71. The zero-order valence-electron chi connectivity index (χ0n) is 9.89. The minimum absolute atomic E-state index is 0.0395. The molecule has 90 valence electrons. The van der Waals surface area contributed by atoms with Crippen LogP contribution in [0.15, 0.2) is 18.7 Å². The first-order valence-corrected chi connectivity index (χ1v) is 5.63. The summed E-state index contributed by atoms with van der Waals surface area (Å²) in [6.45, 7) is 5.08. The zero-order chi connectivity index (χ0) is 12.0. The molecule has 3 N–H and O–H groups in total. The minimum atomic E-state index is -0.0785. The van der Waals surface area contributed by atoms with Crippen LogP contribution in [0.25, 0.3) is 0 Å². The SMILES string of the molecule is CCC(CN)C(=O)NC(C)Cn1ccnc1. The van der Waals surface area contributed by atoms with Gasteiger partial charge in [-0.15, -0.1) is 0 Å². The molecule has 0 saturated heterocycles. The zero-order valence-corrected chi connectivity index (χ0v) is 9.89. The summed E-state index contributed by atoms with van der Waals surface area (Å²) in [5, 5.41) is 2.95. The second-order valence-electron chi connectivity index (χ2n) is 4.01. The molecular weight excluding hydrogens is 204 g/mol. The minimum Gasteiger partial charge on any atom is -0.352 e. The lowest BCUT2D eigenvalue weighted by atomic mass is 10.1. The predicted octanol–water partition coefficient (Wildman–Crippen LogP) is 0.373. The number of nitrogens with two attached hydrogens (primary N) is 1. The highest BCUT2D eigenvalue weighted by Crippen LogP contribution is 2.01. The Morgan fingerprint density at radius 3 is 2.88 bits per heavy atom. The molecule has 1 amide bonds. The molecule has 0 radical (unpaired) electrons. The molecule has 5 heteroatoms. The van der Waals surface area contributed by atoms with Crippen molar-refractivity contribution in [3.05, 3.63) is 18.7 Å². The molecule has 0 fully saturated rings. The Morgan fingerprint density at radius 1 is 1.62 bits per heavy atom. The molecule has 0 aliphatic heterocycles. The maximum Gasteiger partial charge on any atom is 0.224 e. The number of nitrogens with zero attached hydrogens (tertiary/aromatic N) is 2.